The molecule has 6 heteroatoms. The number of fused-ring (bicyclic) bond motifs is 3. The molecular formula is C15H8F2N4. The largest absolute Gasteiger partial charge is 0.236 e. The molecule has 0 saturated carbocycles. The number of rotatable bonds is 1. The lowest BCUT2D eigenvalue weighted by Gasteiger charge is -1.97. The van der Waals surface area contributed by atoms with Gasteiger partial charge in [-0.3, -0.25) is 0 Å². The zero-order valence-electron chi connectivity index (χ0n) is 10.7. The minimum atomic E-state index is -0.358. The predicted octanol–water partition coefficient (Wildman–Crippen LogP) is 3.22. The fourth-order valence-electron chi connectivity index (χ4n) is 2.23. The van der Waals surface area contributed by atoms with E-state index in [0.29, 0.717) is 27.9 Å². The first-order chi connectivity index (χ1) is 10.2. The number of benzene rings is 2. The van der Waals surface area contributed by atoms with E-state index in [1.807, 2.05) is 0 Å². The van der Waals surface area contributed by atoms with E-state index in [-0.39, 0.29) is 11.6 Å². The van der Waals surface area contributed by atoms with Crippen molar-refractivity contribution in [2.24, 2.45) is 0 Å². The Labute approximate surface area is 117 Å². The van der Waals surface area contributed by atoms with Crippen molar-refractivity contribution in [2.75, 3.05) is 0 Å². The first-order valence-electron chi connectivity index (χ1n) is 6.27. The minimum Gasteiger partial charge on any atom is -0.236 e. The van der Waals surface area contributed by atoms with Crippen LogP contribution in [0.3, 0.4) is 0 Å². The van der Waals surface area contributed by atoms with Crippen molar-refractivity contribution in [2.45, 2.75) is 0 Å². The van der Waals surface area contributed by atoms with Crippen LogP contribution < -0.4 is 0 Å². The zero-order valence-corrected chi connectivity index (χ0v) is 10.7. The molecule has 0 aliphatic rings. The van der Waals surface area contributed by atoms with Crippen LogP contribution in [0.15, 0.2) is 48.8 Å². The Hall–Kier alpha value is -2.89. The predicted molar refractivity (Wildman–Crippen MR) is 73.6 cm³/mol. The summed E-state index contributed by atoms with van der Waals surface area (Å²) in [6.07, 6.45) is 1.52. The molecule has 0 fully saturated rings. The monoisotopic (exact) mass is 282 g/mol. The highest BCUT2D eigenvalue weighted by atomic mass is 19.1. The van der Waals surface area contributed by atoms with Gasteiger partial charge in [-0.25, -0.2) is 23.3 Å². The Morgan fingerprint density at radius 1 is 0.905 bits per heavy atom. The zero-order chi connectivity index (χ0) is 14.4. The van der Waals surface area contributed by atoms with Crippen LogP contribution in [0.25, 0.3) is 27.9 Å². The van der Waals surface area contributed by atoms with Crippen LogP contribution in [-0.2, 0) is 0 Å². The number of hydrogen-bond donors (Lipinski definition) is 0. The maximum absolute atomic E-state index is 13.4. The molecule has 0 bridgehead atoms. The molecule has 2 heterocycles. The molecular weight excluding hydrogens is 274 g/mol. The van der Waals surface area contributed by atoms with Crippen LogP contribution in [0.5, 0.6) is 0 Å². The van der Waals surface area contributed by atoms with Crippen LogP contribution in [0.2, 0.25) is 0 Å². The molecule has 0 spiro atoms. The van der Waals surface area contributed by atoms with Gasteiger partial charge in [-0.1, -0.05) is 0 Å². The summed E-state index contributed by atoms with van der Waals surface area (Å²) in [5.74, 6) is -0.242. The first-order valence-corrected chi connectivity index (χ1v) is 6.27. The van der Waals surface area contributed by atoms with Gasteiger partial charge in [0.1, 0.15) is 18.0 Å². The van der Waals surface area contributed by atoms with Gasteiger partial charge >= 0.3 is 0 Å². The summed E-state index contributed by atoms with van der Waals surface area (Å²) >= 11 is 0. The van der Waals surface area contributed by atoms with Crippen molar-refractivity contribution in [3.8, 4) is 11.4 Å². The van der Waals surface area contributed by atoms with Gasteiger partial charge in [-0.15, -0.1) is 5.10 Å². The highest BCUT2D eigenvalue weighted by molar-refractivity contribution is 5.91. The van der Waals surface area contributed by atoms with Crippen molar-refractivity contribution in [3.05, 3.63) is 60.4 Å². The van der Waals surface area contributed by atoms with Gasteiger partial charge in [0.15, 0.2) is 11.5 Å². The third-order valence-electron chi connectivity index (χ3n) is 3.24. The van der Waals surface area contributed by atoms with Crippen molar-refractivity contribution in [3.63, 3.8) is 0 Å². The fourth-order valence-corrected chi connectivity index (χ4v) is 2.23. The second kappa shape index (κ2) is 4.31. The van der Waals surface area contributed by atoms with Gasteiger partial charge in [0, 0.05) is 10.9 Å². The molecule has 0 N–H and O–H groups in total. The molecule has 4 nitrogen and oxygen atoms in total. The van der Waals surface area contributed by atoms with E-state index in [0.717, 1.165) is 0 Å². The molecule has 0 amide bonds. The summed E-state index contributed by atoms with van der Waals surface area (Å²) in [4.78, 5) is 8.61. The average molecular weight is 282 g/mol. The summed E-state index contributed by atoms with van der Waals surface area (Å²) in [7, 11) is 0. The summed E-state index contributed by atoms with van der Waals surface area (Å²) in [5, 5.41) is 4.87. The quantitative estimate of drug-likeness (QED) is 0.538. The van der Waals surface area contributed by atoms with Crippen molar-refractivity contribution < 1.29 is 8.78 Å². The molecule has 0 radical (unpaired) electrons. The Bertz CT molecular complexity index is 961. The summed E-state index contributed by atoms with van der Waals surface area (Å²) in [6.45, 7) is 0. The number of hydrogen-bond acceptors (Lipinski definition) is 3. The van der Waals surface area contributed by atoms with E-state index < -0.39 is 0 Å². The van der Waals surface area contributed by atoms with Crippen LogP contribution in [0.1, 0.15) is 0 Å². The van der Waals surface area contributed by atoms with Gasteiger partial charge in [-0.2, -0.15) is 0 Å². The van der Waals surface area contributed by atoms with Crippen molar-refractivity contribution in [1.82, 2.24) is 19.6 Å². The van der Waals surface area contributed by atoms with E-state index >= 15 is 0 Å². The molecule has 2 aromatic heterocycles. The lowest BCUT2D eigenvalue weighted by Crippen LogP contribution is -1.91. The molecule has 0 unspecified atom stereocenters. The first kappa shape index (κ1) is 11.9. The van der Waals surface area contributed by atoms with Crippen LogP contribution in [0.4, 0.5) is 8.78 Å². The lowest BCUT2D eigenvalue weighted by molar-refractivity contribution is 0.628. The Balaban J connectivity index is 1.99. The van der Waals surface area contributed by atoms with Crippen LogP contribution in [0, 0.1) is 11.6 Å². The Morgan fingerprint density at radius 3 is 2.48 bits per heavy atom. The highest BCUT2D eigenvalue weighted by Crippen LogP contribution is 2.21. The van der Waals surface area contributed by atoms with Crippen LogP contribution >= 0.6 is 0 Å². The van der Waals surface area contributed by atoms with E-state index in [9.17, 15) is 8.78 Å². The molecule has 21 heavy (non-hydrogen) atoms. The lowest BCUT2D eigenvalue weighted by atomic mass is 10.2. The van der Waals surface area contributed by atoms with E-state index in [4.69, 9.17) is 0 Å². The molecule has 0 aliphatic carbocycles. The molecule has 2 aromatic carbocycles. The third-order valence-corrected chi connectivity index (χ3v) is 3.24. The summed E-state index contributed by atoms with van der Waals surface area (Å²) in [6, 6.07) is 10.2. The standard InChI is InChI=1S/C15H8F2N4/c16-10-3-1-9(2-4-10)14-19-15-12-7-11(17)5-6-13(12)18-8-21(15)20-14/h1-8H. The molecule has 0 saturated heterocycles. The minimum absolute atomic E-state index is 0.322. The third kappa shape index (κ3) is 1.92. The van der Waals surface area contributed by atoms with Gasteiger partial charge in [0.05, 0.1) is 5.52 Å². The van der Waals surface area contributed by atoms with Gasteiger partial charge in [0.25, 0.3) is 0 Å². The van der Waals surface area contributed by atoms with Gasteiger partial charge in [0.2, 0.25) is 0 Å². The second-order valence-corrected chi connectivity index (χ2v) is 4.62. The fraction of sp³-hybridized carbons (Fsp3) is 0. The SMILES string of the molecule is Fc1ccc(-c2nc3c4cc(F)ccc4ncn3n2)cc1. The van der Waals surface area contributed by atoms with E-state index in [1.165, 1.54) is 35.1 Å². The molecule has 0 atom stereocenters. The molecule has 4 rings (SSSR count). The normalized spacial score (nSPS) is 11.3. The Kier molecular flexibility index (Phi) is 2.44. The number of nitrogens with zero attached hydrogens (tertiary/aromatic N) is 4. The van der Waals surface area contributed by atoms with Crippen molar-refractivity contribution in [1.29, 1.82) is 0 Å². The Morgan fingerprint density at radius 2 is 1.67 bits per heavy atom. The van der Waals surface area contributed by atoms with Crippen molar-refractivity contribution >= 4 is 16.6 Å². The topological polar surface area (TPSA) is 43.1 Å². The molecule has 4 aromatic rings. The maximum atomic E-state index is 13.4. The van der Waals surface area contributed by atoms with Gasteiger partial charge < -0.3 is 0 Å². The van der Waals surface area contributed by atoms with Gasteiger partial charge in [-0.05, 0) is 42.5 Å². The highest BCUT2D eigenvalue weighted by Gasteiger charge is 2.10. The maximum Gasteiger partial charge on any atom is 0.182 e. The van der Waals surface area contributed by atoms with E-state index in [1.54, 1.807) is 18.2 Å². The smallest absolute Gasteiger partial charge is 0.182 e. The van der Waals surface area contributed by atoms with E-state index in [2.05, 4.69) is 15.1 Å². The number of halogens is 2. The average Bonchev–Trinajstić information content (AvgIpc) is 2.92. The van der Waals surface area contributed by atoms with Crippen LogP contribution in [-0.4, -0.2) is 19.6 Å². The summed E-state index contributed by atoms with van der Waals surface area (Å²) in [5.41, 5.74) is 1.84. The summed E-state index contributed by atoms with van der Waals surface area (Å²) < 4.78 is 27.9. The number of aromatic nitrogens is 4. The second-order valence-electron chi connectivity index (χ2n) is 4.62. The molecule has 102 valence electrons. The molecule has 0 aliphatic heterocycles.